The zero-order chi connectivity index (χ0) is 14.4. The topological polar surface area (TPSA) is 66.5 Å². The van der Waals surface area contributed by atoms with Crippen molar-refractivity contribution in [2.45, 2.75) is 32.4 Å². The molecule has 0 saturated carbocycles. The third kappa shape index (κ3) is 2.04. The Balaban J connectivity index is 1.92. The van der Waals surface area contributed by atoms with Gasteiger partial charge in [0.25, 0.3) is 5.91 Å². The standard InChI is InChI=1S/C14H13BrN2O3/c1-7-4-8-6-17(14(20)12(8)9(15)5-7)10-2-3-11(18)16-13(10)19/h4-5,10H,2-3,6H2,1H3,(H,16,18,19). The second-order valence-electron chi connectivity index (χ2n) is 5.18. The Labute approximate surface area is 124 Å². The average molecular weight is 337 g/mol. The van der Waals surface area contributed by atoms with E-state index in [1.807, 2.05) is 19.1 Å². The number of hydrogen-bond donors (Lipinski definition) is 1. The SMILES string of the molecule is Cc1cc(Br)c2c(c1)CN(C1CCC(=O)NC1=O)C2=O. The number of aryl methyl sites for hydroxylation is 1. The number of nitrogens with one attached hydrogen (secondary N) is 1. The van der Waals surface area contributed by atoms with Gasteiger partial charge >= 0.3 is 0 Å². The van der Waals surface area contributed by atoms with Crippen LogP contribution in [-0.2, 0) is 16.1 Å². The van der Waals surface area contributed by atoms with Crippen molar-refractivity contribution in [3.05, 3.63) is 33.3 Å². The second-order valence-corrected chi connectivity index (χ2v) is 6.04. The van der Waals surface area contributed by atoms with Crippen LogP contribution in [0.5, 0.6) is 0 Å². The second kappa shape index (κ2) is 4.70. The number of amides is 3. The summed E-state index contributed by atoms with van der Waals surface area (Å²) in [6, 6.07) is 3.30. The Bertz CT molecular complexity index is 642. The molecule has 3 rings (SSSR count). The van der Waals surface area contributed by atoms with Crippen LogP contribution in [-0.4, -0.2) is 28.7 Å². The van der Waals surface area contributed by atoms with Crippen molar-refractivity contribution in [2.24, 2.45) is 0 Å². The van der Waals surface area contributed by atoms with E-state index in [-0.39, 0.29) is 24.1 Å². The minimum atomic E-state index is -0.556. The van der Waals surface area contributed by atoms with Crippen molar-refractivity contribution in [3.8, 4) is 0 Å². The molecule has 104 valence electrons. The fourth-order valence-corrected chi connectivity index (χ4v) is 3.59. The van der Waals surface area contributed by atoms with Crippen molar-refractivity contribution in [1.29, 1.82) is 0 Å². The number of halogens is 1. The molecule has 1 unspecified atom stereocenters. The highest BCUT2D eigenvalue weighted by Crippen LogP contribution is 2.33. The average Bonchev–Trinajstić information content (AvgIpc) is 2.66. The zero-order valence-corrected chi connectivity index (χ0v) is 12.5. The molecule has 1 N–H and O–H groups in total. The number of imide groups is 1. The summed E-state index contributed by atoms with van der Waals surface area (Å²) in [6.07, 6.45) is 0.664. The molecule has 1 atom stereocenters. The van der Waals surface area contributed by atoms with E-state index >= 15 is 0 Å². The number of benzene rings is 1. The maximum absolute atomic E-state index is 12.5. The maximum Gasteiger partial charge on any atom is 0.256 e. The van der Waals surface area contributed by atoms with Crippen molar-refractivity contribution in [1.82, 2.24) is 10.2 Å². The van der Waals surface area contributed by atoms with Gasteiger partial charge in [-0.25, -0.2) is 0 Å². The first kappa shape index (κ1) is 13.3. The summed E-state index contributed by atoms with van der Waals surface area (Å²) < 4.78 is 0.757. The van der Waals surface area contributed by atoms with Crippen LogP contribution < -0.4 is 5.32 Å². The molecule has 5 nitrogen and oxygen atoms in total. The summed E-state index contributed by atoms with van der Waals surface area (Å²) in [5.41, 5.74) is 2.61. The molecule has 6 heteroatoms. The van der Waals surface area contributed by atoms with Gasteiger partial charge in [-0.15, -0.1) is 0 Å². The number of hydrogen-bond acceptors (Lipinski definition) is 3. The van der Waals surface area contributed by atoms with Gasteiger partial charge in [0.2, 0.25) is 11.8 Å². The first-order chi connectivity index (χ1) is 9.47. The first-order valence-electron chi connectivity index (χ1n) is 6.41. The van der Waals surface area contributed by atoms with Crippen molar-refractivity contribution < 1.29 is 14.4 Å². The zero-order valence-electron chi connectivity index (χ0n) is 10.9. The van der Waals surface area contributed by atoms with Gasteiger partial charge in [0.05, 0.1) is 5.56 Å². The highest BCUT2D eigenvalue weighted by Gasteiger charge is 2.39. The van der Waals surface area contributed by atoms with E-state index in [0.29, 0.717) is 18.5 Å². The number of carbonyl (C=O) groups is 3. The summed E-state index contributed by atoms with van der Waals surface area (Å²) in [5, 5.41) is 2.30. The van der Waals surface area contributed by atoms with Crippen LogP contribution in [0.1, 0.15) is 34.3 Å². The lowest BCUT2D eigenvalue weighted by atomic mass is 10.0. The van der Waals surface area contributed by atoms with Gasteiger partial charge in [-0.3, -0.25) is 19.7 Å². The monoisotopic (exact) mass is 336 g/mol. The Morgan fingerprint density at radius 1 is 1.30 bits per heavy atom. The third-order valence-corrected chi connectivity index (χ3v) is 4.34. The lowest BCUT2D eigenvalue weighted by Gasteiger charge is -2.29. The van der Waals surface area contributed by atoms with Crippen LogP contribution >= 0.6 is 15.9 Å². The Morgan fingerprint density at radius 2 is 2.05 bits per heavy atom. The number of rotatable bonds is 1. The molecule has 0 bridgehead atoms. The van der Waals surface area contributed by atoms with Crippen LogP contribution in [0.4, 0.5) is 0 Å². The van der Waals surface area contributed by atoms with Crippen molar-refractivity contribution >= 4 is 33.7 Å². The molecule has 1 aromatic carbocycles. The van der Waals surface area contributed by atoms with Gasteiger partial charge < -0.3 is 4.90 Å². The fraction of sp³-hybridized carbons (Fsp3) is 0.357. The highest BCUT2D eigenvalue weighted by atomic mass is 79.9. The van der Waals surface area contributed by atoms with Crippen LogP contribution in [0.3, 0.4) is 0 Å². The summed E-state index contributed by atoms with van der Waals surface area (Å²) in [4.78, 5) is 37.1. The molecule has 2 aliphatic heterocycles. The summed E-state index contributed by atoms with van der Waals surface area (Å²) in [5.74, 6) is -0.802. The molecule has 1 aromatic rings. The summed E-state index contributed by atoms with van der Waals surface area (Å²) in [6.45, 7) is 2.38. The van der Waals surface area contributed by atoms with Gasteiger partial charge in [-0.1, -0.05) is 6.07 Å². The number of nitrogens with zero attached hydrogens (tertiary/aromatic N) is 1. The molecular weight excluding hydrogens is 324 g/mol. The molecule has 1 fully saturated rings. The molecule has 3 amide bonds. The quantitative estimate of drug-likeness (QED) is 0.790. The summed E-state index contributed by atoms with van der Waals surface area (Å²) >= 11 is 3.41. The molecule has 0 aliphatic carbocycles. The number of piperidine rings is 1. The van der Waals surface area contributed by atoms with E-state index in [4.69, 9.17) is 0 Å². The minimum Gasteiger partial charge on any atom is -0.322 e. The smallest absolute Gasteiger partial charge is 0.256 e. The van der Waals surface area contributed by atoms with E-state index in [0.717, 1.165) is 15.6 Å². The van der Waals surface area contributed by atoms with Crippen LogP contribution in [0, 0.1) is 6.92 Å². The minimum absolute atomic E-state index is 0.152. The molecule has 2 aliphatic rings. The maximum atomic E-state index is 12.5. The van der Waals surface area contributed by atoms with Gasteiger partial charge in [-0.2, -0.15) is 0 Å². The first-order valence-corrected chi connectivity index (χ1v) is 7.20. The molecular formula is C14H13BrN2O3. The largest absolute Gasteiger partial charge is 0.322 e. The van der Waals surface area contributed by atoms with Crippen molar-refractivity contribution in [3.63, 3.8) is 0 Å². The lowest BCUT2D eigenvalue weighted by molar-refractivity contribution is -0.136. The van der Waals surface area contributed by atoms with Crippen molar-refractivity contribution in [2.75, 3.05) is 0 Å². The highest BCUT2D eigenvalue weighted by molar-refractivity contribution is 9.10. The normalized spacial score (nSPS) is 22.0. The van der Waals surface area contributed by atoms with E-state index in [2.05, 4.69) is 21.2 Å². The van der Waals surface area contributed by atoms with Crippen LogP contribution in [0.2, 0.25) is 0 Å². The molecule has 0 aromatic heterocycles. The number of fused-ring (bicyclic) bond motifs is 1. The Kier molecular flexibility index (Phi) is 3.12. The Hall–Kier alpha value is -1.69. The van der Waals surface area contributed by atoms with Gasteiger partial charge in [0.1, 0.15) is 6.04 Å². The van der Waals surface area contributed by atoms with E-state index in [1.54, 1.807) is 4.90 Å². The fourth-order valence-electron chi connectivity index (χ4n) is 2.81. The Morgan fingerprint density at radius 3 is 2.75 bits per heavy atom. The molecule has 20 heavy (non-hydrogen) atoms. The molecule has 0 spiro atoms. The molecule has 2 heterocycles. The van der Waals surface area contributed by atoms with E-state index in [9.17, 15) is 14.4 Å². The predicted octanol–water partition coefficient (Wildman–Crippen LogP) is 1.52. The lowest BCUT2D eigenvalue weighted by Crippen LogP contribution is -2.52. The van der Waals surface area contributed by atoms with Gasteiger partial charge in [0.15, 0.2) is 0 Å². The summed E-state index contributed by atoms with van der Waals surface area (Å²) in [7, 11) is 0. The predicted molar refractivity (Wildman–Crippen MR) is 74.9 cm³/mol. The van der Waals surface area contributed by atoms with E-state index in [1.165, 1.54) is 0 Å². The van der Waals surface area contributed by atoms with Crippen LogP contribution in [0.25, 0.3) is 0 Å². The van der Waals surface area contributed by atoms with Gasteiger partial charge in [-0.05, 0) is 46.5 Å². The van der Waals surface area contributed by atoms with E-state index < -0.39 is 6.04 Å². The van der Waals surface area contributed by atoms with Crippen LogP contribution in [0.15, 0.2) is 16.6 Å². The molecule has 0 radical (unpaired) electrons. The molecule has 1 saturated heterocycles. The third-order valence-electron chi connectivity index (χ3n) is 3.72. The number of carbonyl (C=O) groups excluding carboxylic acids is 3. The van der Waals surface area contributed by atoms with Gasteiger partial charge in [0, 0.05) is 17.4 Å².